The monoisotopic (exact) mass is 354 g/mol. The molecule has 2 fully saturated rings. The Morgan fingerprint density at radius 3 is 2.73 bits per heavy atom. The Labute approximate surface area is 151 Å². The highest BCUT2D eigenvalue weighted by Gasteiger charge is 2.46. The van der Waals surface area contributed by atoms with E-state index in [1.54, 1.807) is 4.90 Å². The number of carbonyl (C=O) groups is 2. The maximum atomic E-state index is 12.4. The van der Waals surface area contributed by atoms with Crippen molar-refractivity contribution in [1.29, 1.82) is 0 Å². The van der Waals surface area contributed by atoms with Crippen molar-refractivity contribution in [2.75, 3.05) is 13.1 Å². The van der Waals surface area contributed by atoms with Crippen LogP contribution < -0.4 is 0 Å². The number of carboxylic acid groups (broad SMARTS) is 1. The van der Waals surface area contributed by atoms with Gasteiger partial charge in [0.25, 0.3) is 0 Å². The maximum Gasteiger partial charge on any atom is 0.311 e. The molecule has 0 bridgehead atoms. The number of nitrogens with zero attached hydrogens (tertiary/aromatic N) is 2. The Bertz CT molecular complexity index is 812. The van der Waals surface area contributed by atoms with Gasteiger partial charge in [0, 0.05) is 37.1 Å². The van der Waals surface area contributed by atoms with Gasteiger partial charge in [0.1, 0.15) is 11.5 Å². The molecule has 0 radical (unpaired) electrons. The minimum atomic E-state index is -1.00. The molecule has 1 N–H and O–H groups in total. The van der Waals surface area contributed by atoms with Crippen LogP contribution in [0.15, 0.2) is 40.9 Å². The summed E-state index contributed by atoms with van der Waals surface area (Å²) in [5.41, 5.74) is 0.625. The van der Waals surface area contributed by atoms with E-state index in [1.807, 2.05) is 36.4 Å². The molecule has 1 amide bonds. The lowest BCUT2D eigenvalue weighted by molar-refractivity contribution is -0.155. The zero-order chi connectivity index (χ0) is 18.1. The summed E-state index contributed by atoms with van der Waals surface area (Å²) in [6.45, 7) is 0.898. The second kappa shape index (κ2) is 6.59. The minimum Gasteiger partial charge on any atom is -0.481 e. The van der Waals surface area contributed by atoms with E-state index < -0.39 is 11.4 Å². The number of piperidine rings is 1. The van der Waals surface area contributed by atoms with Crippen molar-refractivity contribution in [1.82, 2.24) is 10.1 Å². The molecular formula is C20H22N2O4. The number of carbonyl (C=O) groups excluding carboxylic acids is 1. The van der Waals surface area contributed by atoms with Crippen LogP contribution in [0.4, 0.5) is 0 Å². The average Bonchev–Trinajstić information content (AvgIpc) is 3.41. The second-order valence-electron chi connectivity index (χ2n) is 7.44. The third-order valence-corrected chi connectivity index (χ3v) is 5.41. The molecule has 1 aliphatic carbocycles. The van der Waals surface area contributed by atoms with Crippen LogP contribution in [0.1, 0.15) is 31.4 Å². The summed E-state index contributed by atoms with van der Waals surface area (Å²) in [5, 5.41) is 14.0. The molecule has 4 rings (SSSR count). The number of hydrogen-bond acceptors (Lipinski definition) is 4. The predicted molar refractivity (Wildman–Crippen MR) is 94.2 cm³/mol. The molecule has 1 aromatic carbocycles. The van der Waals surface area contributed by atoms with Crippen molar-refractivity contribution in [2.45, 2.75) is 32.1 Å². The van der Waals surface area contributed by atoms with Gasteiger partial charge < -0.3 is 14.5 Å². The van der Waals surface area contributed by atoms with Crippen molar-refractivity contribution in [3.05, 3.63) is 42.2 Å². The Morgan fingerprint density at radius 2 is 2.04 bits per heavy atom. The van der Waals surface area contributed by atoms with E-state index in [9.17, 15) is 14.7 Å². The first-order valence-corrected chi connectivity index (χ1v) is 9.11. The molecule has 2 aliphatic rings. The standard InChI is InChI=1S/C20H22N2O4/c23-18(15-7-8-15)22-10-4-9-20(13-22,19(24)25)12-16-11-17(21-26-16)14-5-2-1-3-6-14/h1-3,5-6,11,15H,4,7-10,12-13H2,(H,24,25). The van der Waals surface area contributed by atoms with Crippen molar-refractivity contribution >= 4 is 11.9 Å². The second-order valence-corrected chi connectivity index (χ2v) is 7.44. The molecule has 26 heavy (non-hydrogen) atoms. The summed E-state index contributed by atoms with van der Waals surface area (Å²) in [6.07, 6.45) is 3.34. The lowest BCUT2D eigenvalue weighted by atomic mass is 9.76. The third kappa shape index (κ3) is 3.23. The fourth-order valence-electron chi connectivity index (χ4n) is 3.78. The highest BCUT2D eigenvalue weighted by atomic mass is 16.5. The van der Waals surface area contributed by atoms with Crippen molar-refractivity contribution in [3.63, 3.8) is 0 Å². The average molecular weight is 354 g/mol. The van der Waals surface area contributed by atoms with Gasteiger partial charge in [-0.15, -0.1) is 0 Å². The van der Waals surface area contributed by atoms with Gasteiger partial charge in [0.15, 0.2) is 0 Å². The topological polar surface area (TPSA) is 83.6 Å². The molecule has 6 nitrogen and oxygen atoms in total. The smallest absolute Gasteiger partial charge is 0.311 e. The van der Waals surface area contributed by atoms with Crippen molar-refractivity contribution in [2.24, 2.45) is 11.3 Å². The largest absolute Gasteiger partial charge is 0.481 e. The van der Waals surface area contributed by atoms with Crippen molar-refractivity contribution in [3.8, 4) is 11.3 Å². The van der Waals surface area contributed by atoms with Gasteiger partial charge in [0.05, 0.1) is 5.41 Å². The van der Waals surface area contributed by atoms with Crippen LogP contribution in [0.2, 0.25) is 0 Å². The Kier molecular flexibility index (Phi) is 4.26. The summed E-state index contributed by atoms with van der Waals surface area (Å²) in [4.78, 5) is 26.3. The van der Waals surface area contributed by atoms with E-state index in [0.717, 1.165) is 18.4 Å². The number of hydrogen-bond donors (Lipinski definition) is 1. The van der Waals surface area contributed by atoms with Gasteiger partial charge in [0.2, 0.25) is 5.91 Å². The summed E-state index contributed by atoms with van der Waals surface area (Å²) in [6, 6.07) is 11.4. The molecule has 6 heteroatoms. The van der Waals surface area contributed by atoms with Crippen LogP contribution >= 0.6 is 0 Å². The highest BCUT2D eigenvalue weighted by molar-refractivity contribution is 5.83. The highest BCUT2D eigenvalue weighted by Crippen LogP contribution is 2.38. The Balaban J connectivity index is 1.54. The number of aliphatic carboxylic acids is 1. The van der Waals surface area contributed by atoms with E-state index in [-0.39, 0.29) is 24.8 Å². The maximum absolute atomic E-state index is 12.4. The normalized spacial score (nSPS) is 23.0. The number of aromatic nitrogens is 1. The van der Waals surface area contributed by atoms with E-state index in [4.69, 9.17) is 4.52 Å². The van der Waals surface area contributed by atoms with Crippen LogP contribution in [0, 0.1) is 11.3 Å². The summed E-state index contributed by atoms with van der Waals surface area (Å²) in [7, 11) is 0. The van der Waals surface area contributed by atoms with Crippen LogP contribution in [-0.2, 0) is 16.0 Å². The number of benzene rings is 1. The van der Waals surface area contributed by atoms with E-state index >= 15 is 0 Å². The van der Waals surface area contributed by atoms with Gasteiger partial charge in [-0.3, -0.25) is 9.59 Å². The molecule has 0 spiro atoms. The quantitative estimate of drug-likeness (QED) is 0.892. The summed E-state index contributed by atoms with van der Waals surface area (Å²) in [5.74, 6) is -0.108. The summed E-state index contributed by atoms with van der Waals surface area (Å²) < 4.78 is 5.44. The number of rotatable bonds is 5. The van der Waals surface area contributed by atoms with Gasteiger partial charge in [-0.1, -0.05) is 35.5 Å². The van der Waals surface area contributed by atoms with E-state index in [1.165, 1.54) is 0 Å². The van der Waals surface area contributed by atoms with E-state index in [2.05, 4.69) is 5.16 Å². The molecule has 1 saturated carbocycles. The fourth-order valence-corrected chi connectivity index (χ4v) is 3.78. The fraction of sp³-hybridized carbons (Fsp3) is 0.450. The first-order valence-electron chi connectivity index (χ1n) is 9.11. The molecule has 1 unspecified atom stereocenters. The van der Waals surface area contributed by atoms with Crippen LogP contribution in [0.5, 0.6) is 0 Å². The molecule has 2 aromatic rings. The zero-order valence-electron chi connectivity index (χ0n) is 14.6. The van der Waals surface area contributed by atoms with Gasteiger partial charge in [-0.25, -0.2) is 0 Å². The lowest BCUT2D eigenvalue weighted by Crippen LogP contribution is -2.51. The van der Waals surface area contributed by atoms with Crippen LogP contribution in [0.25, 0.3) is 11.3 Å². The van der Waals surface area contributed by atoms with Crippen LogP contribution in [0.3, 0.4) is 0 Å². The van der Waals surface area contributed by atoms with Crippen molar-refractivity contribution < 1.29 is 19.2 Å². The van der Waals surface area contributed by atoms with Gasteiger partial charge in [-0.2, -0.15) is 0 Å². The van der Waals surface area contributed by atoms with Crippen LogP contribution in [-0.4, -0.2) is 40.1 Å². The Hall–Kier alpha value is -2.63. The molecule has 1 aromatic heterocycles. The number of amides is 1. The predicted octanol–water partition coefficient (Wildman–Crippen LogP) is 2.99. The molecular weight excluding hydrogens is 332 g/mol. The SMILES string of the molecule is O=C(C1CC1)N1CCCC(Cc2cc(-c3ccccc3)no2)(C(=O)O)C1. The van der Waals surface area contributed by atoms with E-state index in [0.29, 0.717) is 30.8 Å². The zero-order valence-corrected chi connectivity index (χ0v) is 14.6. The molecule has 1 saturated heterocycles. The number of carboxylic acids is 1. The third-order valence-electron chi connectivity index (χ3n) is 5.41. The number of likely N-dealkylation sites (tertiary alicyclic amines) is 1. The molecule has 1 aliphatic heterocycles. The first-order chi connectivity index (χ1) is 12.6. The molecule has 2 heterocycles. The first kappa shape index (κ1) is 16.8. The van der Waals surface area contributed by atoms with Gasteiger partial charge in [-0.05, 0) is 25.7 Å². The summed E-state index contributed by atoms with van der Waals surface area (Å²) >= 11 is 0. The lowest BCUT2D eigenvalue weighted by Gasteiger charge is -2.39. The molecule has 136 valence electrons. The van der Waals surface area contributed by atoms with Gasteiger partial charge >= 0.3 is 5.97 Å². The Morgan fingerprint density at radius 1 is 1.27 bits per heavy atom. The molecule has 1 atom stereocenters. The minimum absolute atomic E-state index is 0.106.